The van der Waals surface area contributed by atoms with Gasteiger partial charge >= 0.3 is 23.9 Å². The Bertz CT molecular complexity index is 1530. The van der Waals surface area contributed by atoms with Crippen LogP contribution in [0.4, 0.5) is 11.4 Å². The van der Waals surface area contributed by atoms with E-state index in [-0.39, 0.29) is 62.6 Å². The minimum Gasteiger partial charge on any atom is -0.480 e. The zero-order valence-electron chi connectivity index (χ0n) is 28.4. The molecule has 17 nitrogen and oxygen atoms in total. The highest BCUT2D eigenvalue weighted by molar-refractivity contribution is 14.1. The zero-order valence-corrected chi connectivity index (χ0v) is 41.3. The Morgan fingerprint density at radius 1 is 0.509 bits per heavy atom. The molecular formula is C30H36I6N4O13. The maximum atomic E-state index is 11.4. The summed E-state index contributed by atoms with van der Waals surface area (Å²) in [7, 11) is 3.50. The summed E-state index contributed by atoms with van der Waals surface area (Å²) in [6.45, 7) is 3.68. The van der Waals surface area contributed by atoms with Crippen LogP contribution < -0.4 is 21.3 Å². The van der Waals surface area contributed by atoms with E-state index in [0.717, 1.165) is 29.6 Å². The van der Waals surface area contributed by atoms with E-state index in [1.807, 2.05) is 90.4 Å². The Kier molecular flexibility index (Phi) is 27.2. The summed E-state index contributed by atoms with van der Waals surface area (Å²) in [5.74, 6) is -4.28. The number of carboxylic acid groups (broad SMARTS) is 4. The average Bonchev–Trinajstić information content (AvgIpc) is 3.04. The molecule has 0 saturated carbocycles. The molecule has 0 radical (unpaired) electrons. The molecule has 53 heavy (non-hydrogen) atoms. The van der Waals surface area contributed by atoms with Crippen LogP contribution in [0.15, 0.2) is 0 Å². The molecule has 0 bridgehead atoms. The Morgan fingerprint density at radius 3 is 1.06 bits per heavy atom. The fourth-order valence-corrected chi connectivity index (χ4v) is 12.7. The summed E-state index contributed by atoms with van der Waals surface area (Å²) in [6.07, 6.45) is 0. The summed E-state index contributed by atoms with van der Waals surface area (Å²) in [5, 5.41) is 46.5. The number of ether oxygens (including phenoxy) is 3. The third-order valence-corrected chi connectivity index (χ3v) is 12.9. The Morgan fingerprint density at radius 2 is 0.811 bits per heavy atom. The van der Waals surface area contributed by atoms with Crippen molar-refractivity contribution in [2.24, 2.45) is 0 Å². The number of carboxylic acids is 4. The number of hydrogen-bond donors (Lipinski definition) is 8. The molecule has 2 aromatic rings. The molecule has 0 spiro atoms. The highest BCUT2D eigenvalue weighted by atomic mass is 127. The number of halogens is 6. The molecule has 0 saturated heterocycles. The molecule has 8 N–H and O–H groups in total. The van der Waals surface area contributed by atoms with Crippen LogP contribution in [-0.4, -0.2) is 110 Å². The van der Waals surface area contributed by atoms with Gasteiger partial charge in [0.15, 0.2) is 0 Å². The number of carbonyl (C=O) groups excluding carboxylic acids is 2. The Labute approximate surface area is 386 Å². The van der Waals surface area contributed by atoms with Gasteiger partial charge in [0.1, 0.15) is 13.2 Å². The number of amides is 2. The lowest BCUT2D eigenvalue weighted by Gasteiger charge is -2.17. The minimum absolute atomic E-state index is 0.145. The van der Waals surface area contributed by atoms with Gasteiger partial charge in [0.2, 0.25) is 11.8 Å². The third-order valence-electron chi connectivity index (χ3n) is 5.97. The first-order valence-electron chi connectivity index (χ1n) is 14.6. The van der Waals surface area contributed by atoms with E-state index in [4.69, 9.17) is 14.9 Å². The van der Waals surface area contributed by atoms with Crippen molar-refractivity contribution in [3.8, 4) is 0 Å². The Balaban J connectivity index is 0.000000773. The van der Waals surface area contributed by atoms with Crippen molar-refractivity contribution in [3.05, 3.63) is 43.7 Å². The van der Waals surface area contributed by atoms with Gasteiger partial charge in [-0.1, -0.05) is 0 Å². The number of aliphatic carboxylic acids is 2. The Hall–Kier alpha value is -0.880. The van der Waals surface area contributed by atoms with Crippen LogP contribution >= 0.6 is 136 Å². The van der Waals surface area contributed by atoms with Crippen molar-refractivity contribution in [3.63, 3.8) is 0 Å². The molecule has 0 unspecified atom stereocenters. The molecule has 0 aliphatic heterocycles. The van der Waals surface area contributed by atoms with E-state index in [2.05, 4.69) is 75.9 Å². The molecule has 0 aliphatic carbocycles. The van der Waals surface area contributed by atoms with E-state index >= 15 is 0 Å². The molecule has 0 atom stereocenters. The van der Waals surface area contributed by atoms with Crippen LogP contribution in [0, 0.1) is 21.4 Å². The second kappa shape index (κ2) is 27.7. The second-order valence-electron chi connectivity index (χ2n) is 9.78. The molecule has 0 heterocycles. The average molecular weight is 1420 g/mol. The van der Waals surface area contributed by atoms with E-state index in [1.165, 1.54) is 13.8 Å². The van der Waals surface area contributed by atoms with E-state index in [1.54, 1.807) is 14.1 Å². The predicted octanol–water partition coefficient (Wildman–Crippen LogP) is 4.96. The SMILES string of the molecule is CNc1c(I)c(CNC(C)=O)c(I)c(C(=O)O)c1I.CNc1c(I)c(CNC(C)=O)c(I)c(C(=O)O)c1I.O=C(O)COCCOCCOCC(=O)O. The van der Waals surface area contributed by atoms with Gasteiger partial charge in [-0.25, -0.2) is 19.2 Å². The molecule has 2 rings (SSSR count). The lowest BCUT2D eigenvalue weighted by molar-refractivity contribution is -0.142. The monoisotopic (exact) mass is 1420 g/mol. The van der Waals surface area contributed by atoms with Crippen LogP contribution in [0.3, 0.4) is 0 Å². The first kappa shape index (κ1) is 52.1. The molecule has 296 valence electrons. The summed E-state index contributed by atoms with van der Waals surface area (Å²) < 4.78 is 18.8. The topological polar surface area (TPSA) is 259 Å². The fraction of sp³-hybridized carbons (Fsp3) is 0.400. The standard InChI is InChI=1S/2C11H11I3N2O3.C8H14O7/c2*1-4(17)16-3-5-7(12)6(11(18)19)9(14)10(15-2)8(5)13;9-7(10)5-14-3-1-13-2-4-15-6-8(11)12/h2*15H,3H2,1-2H3,(H,16,17)(H,18,19);1-6H2,(H,9,10)(H,11,12). The van der Waals surface area contributed by atoms with Crippen LogP contribution in [0.1, 0.15) is 45.7 Å². The van der Waals surface area contributed by atoms with Gasteiger partial charge in [0, 0.05) is 66.4 Å². The van der Waals surface area contributed by atoms with Crippen molar-refractivity contribution in [2.75, 3.05) is 64.4 Å². The zero-order chi connectivity index (χ0) is 41.0. The highest BCUT2D eigenvalue weighted by Crippen LogP contribution is 2.36. The van der Waals surface area contributed by atoms with Crippen LogP contribution in [0.2, 0.25) is 0 Å². The van der Waals surface area contributed by atoms with Crippen molar-refractivity contribution < 1.29 is 63.4 Å². The number of nitrogens with one attached hydrogen (secondary N) is 4. The molecule has 0 aromatic heterocycles. The van der Waals surface area contributed by atoms with Gasteiger partial charge in [-0.15, -0.1) is 0 Å². The quantitative estimate of drug-likeness (QED) is 0.0725. The van der Waals surface area contributed by atoms with Crippen molar-refractivity contribution in [1.82, 2.24) is 10.6 Å². The fourth-order valence-electron chi connectivity index (χ4n) is 3.64. The number of aromatic carboxylic acids is 2. The molecule has 0 fully saturated rings. The van der Waals surface area contributed by atoms with Crippen molar-refractivity contribution in [1.29, 1.82) is 0 Å². The number of benzene rings is 2. The summed E-state index contributed by atoms with van der Waals surface area (Å²) in [6, 6.07) is 0. The van der Waals surface area contributed by atoms with Crippen molar-refractivity contribution >= 4 is 183 Å². The van der Waals surface area contributed by atoms with E-state index < -0.39 is 23.9 Å². The predicted molar refractivity (Wildman–Crippen MR) is 245 cm³/mol. The minimum atomic E-state index is -1.03. The first-order valence-corrected chi connectivity index (χ1v) is 21.1. The lowest BCUT2D eigenvalue weighted by Crippen LogP contribution is -2.22. The first-order chi connectivity index (χ1) is 24.7. The molecule has 2 aromatic carbocycles. The number of rotatable bonds is 18. The maximum absolute atomic E-state index is 11.4. The summed E-state index contributed by atoms with van der Waals surface area (Å²) in [5.41, 5.74) is 3.73. The van der Waals surface area contributed by atoms with Gasteiger partial charge in [0.25, 0.3) is 0 Å². The normalized spacial score (nSPS) is 10.2. The summed E-state index contributed by atoms with van der Waals surface area (Å²) >= 11 is 12.4. The highest BCUT2D eigenvalue weighted by Gasteiger charge is 2.25. The van der Waals surface area contributed by atoms with Gasteiger partial charge in [-0.3, -0.25) is 9.59 Å². The smallest absolute Gasteiger partial charge is 0.337 e. The van der Waals surface area contributed by atoms with Crippen molar-refractivity contribution in [2.45, 2.75) is 26.9 Å². The summed E-state index contributed by atoms with van der Waals surface area (Å²) in [4.78, 5) is 64.8. The lowest BCUT2D eigenvalue weighted by atomic mass is 10.1. The molecule has 2 amide bonds. The van der Waals surface area contributed by atoms with Gasteiger partial charge in [0.05, 0.1) is 56.1 Å². The van der Waals surface area contributed by atoms with E-state index in [0.29, 0.717) is 27.4 Å². The van der Waals surface area contributed by atoms with Crippen LogP contribution in [0.5, 0.6) is 0 Å². The largest absolute Gasteiger partial charge is 0.480 e. The maximum Gasteiger partial charge on any atom is 0.337 e. The number of carbonyl (C=O) groups is 6. The molecule has 0 aliphatic rings. The number of anilines is 2. The van der Waals surface area contributed by atoms with Gasteiger partial charge in [-0.05, 0) is 136 Å². The van der Waals surface area contributed by atoms with Gasteiger partial charge in [-0.2, -0.15) is 0 Å². The van der Waals surface area contributed by atoms with Gasteiger partial charge < -0.3 is 55.9 Å². The number of hydrogen-bond acceptors (Lipinski definition) is 11. The van der Waals surface area contributed by atoms with Crippen LogP contribution in [-0.2, 0) is 46.5 Å². The second-order valence-corrected chi connectivity index (χ2v) is 16.2. The third kappa shape index (κ3) is 18.7. The van der Waals surface area contributed by atoms with Crippen LogP contribution in [0.25, 0.3) is 0 Å². The molecular weight excluding hydrogens is 1390 g/mol. The molecule has 23 heteroatoms. The van der Waals surface area contributed by atoms with E-state index in [9.17, 15) is 39.0 Å².